The molecule has 0 spiro atoms. The van der Waals surface area contributed by atoms with Crippen LogP contribution in [0.3, 0.4) is 0 Å². The van der Waals surface area contributed by atoms with Crippen molar-refractivity contribution in [3.8, 4) is 11.3 Å². The van der Waals surface area contributed by atoms with E-state index in [1.165, 1.54) is 60.9 Å². The van der Waals surface area contributed by atoms with Gasteiger partial charge in [0.2, 0.25) is 0 Å². The summed E-state index contributed by atoms with van der Waals surface area (Å²) in [6.07, 6.45) is 20.6. The highest BCUT2D eigenvalue weighted by atomic mass is 15.1. The quantitative estimate of drug-likeness (QED) is 0.244. The van der Waals surface area contributed by atoms with Crippen molar-refractivity contribution in [2.24, 2.45) is 5.92 Å². The number of rotatable bonds is 11. The molecule has 0 amide bonds. The molecule has 1 aromatic heterocycles. The van der Waals surface area contributed by atoms with E-state index >= 15 is 0 Å². The highest BCUT2D eigenvalue weighted by molar-refractivity contribution is 5.75. The molecule has 1 atom stereocenters. The standard InChI is InChI=1S/C22H26N2.C13H20.C2H6/c1-3-5-17-24-20(4-2)21(18-13-11-8-12-14-18)23-22(24)19-15-9-6-7-10-16-19;1-3-4-8-12(2)11-13-9-6-5-7-10-13;1-2/h6,8-16H,3-5,7,17H2,1-2H3;5-7,9-10,12H,3-4,8,11H2,1-2H3;1-2H3. The van der Waals surface area contributed by atoms with Crippen LogP contribution in [-0.4, -0.2) is 9.55 Å². The van der Waals surface area contributed by atoms with Crippen LogP contribution >= 0.6 is 0 Å². The van der Waals surface area contributed by atoms with E-state index in [0.717, 1.165) is 36.8 Å². The van der Waals surface area contributed by atoms with Gasteiger partial charge in [-0.2, -0.15) is 0 Å². The maximum Gasteiger partial charge on any atom is 0.140 e. The summed E-state index contributed by atoms with van der Waals surface area (Å²) in [7, 11) is 0. The molecule has 0 saturated carbocycles. The zero-order chi connectivity index (χ0) is 28.3. The summed E-state index contributed by atoms with van der Waals surface area (Å²) < 4.78 is 2.43. The molecule has 3 aromatic rings. The van der Waals surface area contributed by atoms with Gasteiger partial charge in [0.15, 0.2) is 0 Å². The molecule has 1 unspecified atom stereocenters. The van der Waals surface area contributed by atoms with Gasteiger partial charge in [-0.1, -0.05) is 158 Å². The Bertz CT molecular complexity index is 1130. The third-order valence-electron chi connectivity index (χ3n) is 6.91. The molecule has 0 N–H and O–H groups in total. The Balaban J connectivity index is 0.000000301. The second-order valence-electron chi connectivity index (χ2n) is 10.1. The molecule has 1 aliphatic carbocycles. The van der Waals surface area contributed by atoms with E-state index in [4.69, 9.17) is 4.98 Å². The summed E-state index contributed by atoms with van der Waals surface area (Å²) in [5.41, 5.74) is 6.36. The lowest BCUT2D eigenvalue weighted by Gasteiger charge is -2.11. The van der Waals surface area contributed by atoms with E-state index in [9.17, 15) is 0 Å². The molecule has 1 aliphatic rings. The van der Waals surface area contributed by atoms with Crippen LogP contribution in [0, 0.1) is 5.92 Å². The lowest BCUT2D eigenvalue weighted by atomic mass is 9.96. The van der Waals surface area contributed by atoms with Crippen molar-refractivity contribution in [3.63, 3.8) is 0 Å². The van der Waals surface area contributed by atoms with Gasteiger partial charge in [-0.15, -0.1) is 0 Å². The molecule has 210 valence electrons. The van der Waals surface area contributed by atoms with Gasteiger partial charge in [-0.25, -0.2) is 4.98 Å². The minimum Gasteiger partial charge on any atom is -0.327 e. The fourth-order valence-corrected chi connectivity index (χ4v) is 4.85. The van der Waals surface area contributed by atoms with Gasteiger partial charge in [0.05, 0.1) is 5.69 Å². The zero-order valence-electron chi connectivity index (χ0n) is 25.5. The largest absolute Gasteiger partial charge is 0.327 e. The third kappa shape index (κ3) is 10.5. The molecule has 1 heterocycles. The van der Waals surface area contributed by atoms with E-state index in [0.29, 0.717) is 0 Å². The average molecular weight is 525 g/mol. The molecule has 0 radical (unpaired) electrons. The minimum absolute atomic E-state index is 0.836. The summed E-state index contributed by atoms with van der Waals surface area (Å²) in [5, 5.41) is 0. The Labute approximate surface area is 239 Å². The van der Waals surface area contributed by atoms with Crippen LogP contribution in [0.15, 0.2) is 91.0 Å². The Kier molecular flexibility index (Phi) is 15.6. The Morgan fingerprint density at radius 3 is 2.15 bits per heavy atom. The number of unbranched alkanes of at least 4 members (excludes halogenated alkanes) is 2. The van der Waals surface area contributed by atoms with Crippen molar-refractivity contribution in [1.82, 2.24) is 9.55 Å². The molecule has 0 saturated heterocycles. The van der Waals surface area contributed by atoms with Crippen LogP contribution in [0.2, 0.25) is 0 Å². The maximum absolute atomic E-state index is 5.08. The van der Waals surface area contributed by atoms with Crippen LogP contribution in [0.5, 0.6) is 0 Å². The van der Waals surface area contributed by atoms with E-state index in [2.05, 4.69) is 123 Å². The fourth-order valence-electron chi connectivity index (χ4n) is 4.85. The lowest BCUT2D eigenvalue weighted by molar-refractivity contribution is 0.503. The molecule has 0 bridgehead atoms. The van der Waals surface area contributed by atoms with E-state index in [-0.39, 0.29) is 0 Å². The smallest absolute Gasteiger partial charge is 0.140 e. The Morgan fingerprint density at radius 1 is 0.846 bits per heavy atom. The van der Waals surface area contributed by atoms with Crippen molar-refractivity contribution in [3.05, 3.63) is 108 Å². The van der Waals surface area contributed by atoms with Crippen LogP contribution < -0.4 is 0 Å². The number of nitrogens with zero attached hydrogens (tertiary/aromatic N) is 2. The van der Waals surface area contributed by atoms with Gasteiger partial charge in [0, 0.05) is 23.4 Å². The first-order chi connectivity index (χ1) is 19.2. The fraction of sp³-hybridized carbons (Fsp3) is 0.432. The average Bonchev–Trinajstić information content (AvgIpc) is 3.14. The van der Waals surface area contributed by atoms with E-state index in [1.807, 2.05) is 13.8 Å². The van der Waals surface area contributed by atoms with Crippen molar-refractivity contribution in [2.75, 3.05) is 0 Å². The number of allylic oxidation sites excluding steroid dienone is 6. The number of hydrogen-bond donors (Lipinski definition) is 0. The second-order valence-corrected chi connectivity index (χ2v) is 10.1. The molecule has 39 heavy (non-hydrogen) atoms. The first kappa shape index (κ1) is 32.1. The lowest BCUT2D eigenvalue weighted by Crippen LogP contribution is -2.06. The topological polar surface area (TPSA) is 17.8 Å². The molecule has 4 rings (SSSR count). The van der Waals surface area contributed by atoms with Crippen LogP contribution in [0.25, 0.3) is 16.8 Å². The van der Waals surface area contributed by atoms with Gasteiger partial charge < -0.3 is 4.57 Å². The molecule has 0 fully saturated rings. The van der Waals surface area contributed by atoms with Crippen LogP contribution in [0.4, 0.5) is 0 Å². The molecule has 0 aliphatic heterocycles. The molecular weight excluding hydrogens is 472 g/mol. The van der Waals surface area contributed by atoms with Crippen LogP contribution in [0.1, 0.15) is 97.1 Å². The maximum atomic E-state index is 5.08. The highest BCUT2D eigenvalue weighted by Crippen LogP contribution is 2.29. The molecule has 2 heteroatoms. The predicted octanol–water partition coefficient (Wildman–Crippen LogP) is 10.9. The molecule has 2 aromatic carbocycles. The summed E-state index contributed by atoms with van der Waals surface area (Å²) in [5.74, 6) is 1.93. The first-order valence-electron chi connectivity index (χ1n) is 15.4. The number of benzene rings is 2. The van der Waals surface area contributed by atoms with E-state index < -0.39 is 0 Å². The van der Waals surface area contributed by atoms with Gasteiger partial charge in [-0.05, 0) is 37.2 Å². The SMILES string of the molecule is CC.CCCCC(C)Cc1ccccc1.CCCCn1c(C2=CC=CCC=C2)nc(-c2ccccc2)c1CC. The predicted molar refractivity (Wildman–Crippen MR) is 173 cm³/mol. The summed E-state index contributed by atoms with van der Waals surface area (Å²) >= 11 is 0. The summed E-state index contributed by atoms with van der Waals surface area (Å²) in [6.45, 7) is 14.1. The van der Waals surface area contributed by atoms with Gasteiger partial charge >= 0.3 is 0 Å². The minimum atomic E-state index is 0.836. The number of aromatic nitrogens is 2. The Morgan fingerprint density at radius 2 is 1.51 bits per heavy atom. The summed E-state index contributed by atoms with van der Waals surface area (Å²) in [6, 6.07) is 21.3. The van der Waals surface area contributed by atoms with Gasteiger partial charge in [0.25, 0.3) is 0 Å². The highest BCUT2D eigenvalue weighted by Gasteiger charge is 2.18. The number of imidazole rings is 1. The molecular formula is C37H52N2. The van der Waals surface area contributed by atoms with Gasteiger partial charge in [0.1, 0.15) is 5.82 Å². The normalized spacial score (nSPS) is 12.9. The van der Waals surface area contributed by atoms with Crippen LogP contribution in [-0.2, 0) is 19.4 Å². The molecule has 2 nitrogen and oxygen atoms in total. The van der Waals surface area contributed by atoms with Crippen molar-refractivity contribution < 1.29 is 0 Å². The monoisotopic (exact) mass is 524 g/mol. The second kappa shape index (κ2) is 19.0. The first-order valence-corrected chi connectivity index (χ1v) is 15.4. The van der Waals surface area contributed by atoms with Crippen molar-refractivity contribution >= 4 is 5.57 Å². The number of hydrogen-bond acceptors (Lipinski definition) is 1. The van der Waals surface area contributed by atoms with E-state index in [1.54, 1.807) is 0 Å². The van der Waals surface area contributed by atoms with Gasteiger partial charge in [-0.3, -0.25) is 0 Å². The van der Waals surface area contributed by atoms with Crippen molar-refractivity contribution in [1.29, 1.82) is 0 Å². The van der Waals surface area contributed by atoms with Crippen molar-refractivity contribution in [2.45, 2.75) is 99.5 Å². The zero-order valence-corrected chi connectivity index (χ0v) is 25.5. The Hall–Kier alpha value is -3.13. The third-order valence-corrected chi connectivity index (χ3v) is 6.91. The summed E-state index contributed by atoms with van der Waals surface area (Å²) in [4.78, 5) is 5.08.